The van der Waals surface area contributed by atoms with Gasteiger partial charge in [-0.2, -0.15) is 5.01 Å². The summed E-state index contributed by atoms with van der Waals surface area (Å²) in [5.74, 6) is 0.229. The number of anilines is 1. The van der Waals surface area contributed by atoms with E-state index in [2.05, 4.69) is 27.2 Å². The van der Waals surface area contributed by atoms with Gasteiger partial charge < -0.3 is 15.8 Å². The molecule has 168 valence electrons. The minimum absolute atomic E-state index is 0.0395. The average molecular weight is 485 g/mol. The van der Waals surface area contributed by atoms with Crippen molar-refractivity contribution in [3.63, 3.8) is 0 Å². The number of urea groups is 1. The first kappa shape index (κ1) is 22.4. The van der Waals surface area contributed by atoms with Gasteiger partial charge in [0, 0.05) is 6.07 Å². The van der Waals surface area contributed by atoms with Crippen molar-refractivity contribution in [1.29, 1.82) is 0 Å². The molecule has 1 aromatic heterocycles. The summed E-state index contributed by atoms with van der Waals surface area (Å²) in [5, 5.41) is 14.0. The zero-order chi connectivity index (χ0) is 23.9. The van der Waals surface area contributed by atoms with Gasteiger partial charge in [-0.15, -0.1) is 10.2 Å². The molecule has 3 aromatic rings. The first-order valence-electron chi connectivity index (χ1n) is 9.62. The number of nitrogens with zero attached hydrogens (tertiary/aromatic N) is 3. The van der Waals surface area contributed by atoms with Crippen LogP contribution >= 0.6 is 23.2 Å². The number of nitrogens with two attached hydrogens (primary N) is 1. The fourth-order valence-electron chi connectivity index (χ4n) is 3.08. The number of nitrogens with one attached hydrogen (secondary N) is 2. The summed E-state index contributed by atoms with van der Waals surface area (Å²) in [4.78, 5) is 24.2. The van der Waals surface area contributed by atoms with E-state index in [1.54, 1.807) is 0 Å². The lowest BCUT2D eigenvalue weighted by Crippen LogP contribution is -2.45. The predicted octanol–water partition coefficient (Wildman–Crippen LogP) is 4.47. The van der Waals surface area contributed by atoms with Gasteiger partial charge in [-0.05, 0) is 42.7 Å². The molecule has 2 amide bonds. The number of hydrogen-bond acceptors (Lipinski definition) is 6. The Morgan fingerprint density at radius 3 is 2.42 bits per heavy atom. The highest BCUT2D eigenvalue weighted by atomic mass is 35.5. The van der Waals surface area contributed by atoms with E-state index < -0.39 is 11.6 Å². The smallest absolute Gasteiger partial charge is 0.347 e. The molecule has 2 aromatic carbocycles. The van der Waals surface area contributed by atoms with Crippen molar-refractivity contribution < 1.29 is 9.53 Å². The van der Waals surface area contributed by atoms with E-state index >= 15 is 0 Å². The number of amidine groups is 1. The summed E-state index contributed by atoms with van der Waals surface area (Å²) in [5.41, 5.74) is 9.16. The minimum atomic E-state index is -0.575. The quantitative estimate of drug-likeness (QED) is 0.503. The Balaban J connectivity index is 1.74. The van der Waals surface area contributed by atoms with Crippen LogP contribution in [0, 0.1) is 13.8 Å². The Morgan fingerprint density at radius 1 is 1.06 bits per heavy atom. The van der Waals surface area contributed by atoms with Crippen LogP contribution in [0.4, 0.5) is 10.5 Å². The Kier molecular flexibility index (Phi) is 5.84. The molecule has 33 heavy (non-hydrogen) atoms. The Morgan fingerprint density at radius 2 is 1.76 bits per heavy atom. The van der Waals surface area contributed by atoms with Gasteiger partial charge in [0.1, 0.15) is 0 Å². The van der Waals surface area contributed by atoms with Crippen molar-refractivity contribution in [1.82, 2.24) is 15.5 Å². The number of carbonyl (C=O) groups excluding carboxylic acids is 1. The van der Waals surface area contributed by atoms with E-state index in [9.17, 15) is 9.59 Å². The number of benzene rings is 2. The third kappa shape index (κ3) is 4.41. The van der Waals surface area contributed by atoms with Crippen LogP contribution in [0.1, 0.15) is 11.1 Å². The van der Waals surface area contributed by atoms with Gasteiger partial charge in [0.25, 0.3) is 5.56 Å². The molecule has 11 heteroatoms. The third-order valence-electron chi connectivity index (χ3n) is 4.98. The highest BCUT2D eigenvalue weighted by Gasteiger charge is 2.25. The van der Waals surface area contributed by atoms with E-state index in [1.807, 2.05) is 32.0 Å². The molecule has 0 spiro atoms. The number of carbonyl (C=O) groups is 1. The Hall–Kier alpha value is -3.82. The molecule has 1 aliphatic rings. The van der Waals surface area contributed by atoms with E-state index in [4.69, 9.17) is 33.7 Å². The molecule has 0 unspecified atom stereocenters. The van der Waals surface area contributed by atoms with Crippen LogP contribution in [0.3, 0.4) is 0 Å². The predicted molar refractivity (Wildman–Crippen MR) is 128 cm³/mol. The van der Waals surface area contributed by atoms with Crippen LogP contribution in [0.15, 0.2) is 58.6 Å². The molecule has 0 fully saturated rings. The van der Waals surface area contributed by atoms with E-state index in [-0.39, 0.29) is 38.9 Å². The number of aromatic nitrogens is 2. The second-order valence-electron chi connectivity index (χ2n) is 7.30. The maximum atomic E-state index is 12.3. The van der Waals surface area contributed by atoms with E-state index in [0.717, 1.165) is 21.7 Å². The number of hydrogen-bond donors (Lipinski definition) is 3. The highest BCUT2D eigenvalue weighted by molar-refractivity contribution is 6.37. The molecule has 0 aliphatic carbocycles. The van der Waals surface area contributed by atoms with Crippen LogP contribution in [0.25, 0.3) is 11.1 Å². The lowest BCUT2D eigenvalue weighted by atomic mass is 10.0. The van der Waals surface area contributed by atoms with Gasteiger partial charge in [-0.3, -0.25) is 4.79 Å². The van der Waals surface area contributed by atoms with Crippen molar-refractivity contribution in [3.8, 4) is 22.8 Å². The van der Waals surface area contributed by atoms with Gasteiger partial charge in [0.2, 0.25) is 5.88 Å². The van der Waals surface area contributed by atoms with Gasteiger partial charge >= 0.3 is 6.03 Å². The van der Waals surface area contributed by atoms with Crippen LogP contribution < -0.4 is 26.4 Å². The summed E-state index contributed by atoms with van der Waals surface area (Å²) in [6.45, 7) is 7.56. The number of hydrazone groups is 1. The molecule has 4 rings (SSSR count). The van der Waals surface area contributed by atoms with Crippen LogP contribution in [-0.4, -0.2) is 22.1 Å². The molecular weight excluding hydrogens is 467 g/mol. The largest absolute Gasteiger partial charge is 0.434 e. The average Bonchev–Trinajstić information content (AvgIpc) is 2.76. The Bertz CT molecular complexity index is 1380. The number of ether oxygens (including phenoxy) is 1. The van der Waals surface area contributed by atoms with Crippen LogP contribution in [0.5, 0.6) is 11.6 Å². The number of amides is 2. The number of aromatic amines is 1. The van der Waals surface area contributed by atoms with Crippen molar-refractivity contribution in [2.45, 2.75) is 13.8 Å². The maximum Gasteiger partial charge on any atom is 0.347 e. The normalized spacial score (nSPS) is 13.6. The lowest BCUT2D eigenvalue weighted by Gasteiger charge is -2.24. The third-order valence-corrected chi connectivity index (χ3v) is 5.55. The molecule has 4 N–H and O–H groups in total. The topological polar surface area (TPSA) is 126 Å². The van der Waals surface area contributed by atoms with Gasteiger partial charge in [0.15, 0.2) is 11.6 Å². The fraction of sp³-hybridized carbons (Fsp3) is 0.0909. The molecule has 0 radical (unpaired) electrons. The first-order chi connectivity index (χ1) is 15.6. The van der Waals surface area contributed by atoms with E-state index in [1.165, 1.54) is 18.2 Å². The first-order valence-corrected chi connectivity index (χ1v) is 10.4. The summed E-state index contributed by atoms with van der Waals surface area (Å²) in [6.07, 6.45) is 0. The van der Waals surface area contributed by atoms with Crippen molar-refractivity contribution in [2.75, 3.05) is 5.01 Å². The fourth-order valence-corrected chi connectivity index (χ4v) is 3.63. The molecule has 0 atom stereocenters. The molecule has 1 aliphatic heterocycles. The maximum absolute atomic E-state index is 12.3. The zero-order valence-electron chi connectivity index (χ0n) is 17.6. The van der Waals surface area contributed by atoms with E-state index in [0.29, 0.717) is 5.56 Å². The van der Waals surface area contributed by atoms with Gasteiger partial charge in [-0.25, -0.2) is 9.89 Å². The molecule has 9 nitrogen and oxygen atoms in total. The zero-order valence-corrected chi connectivity index (χ0v) is 19.1. The standard InChI is InChI=1S/C22H18Cl2N6O3/c1-10-4-5-13(6-11(10)2)15-9-18(31)27-28-21(15)33-19-16(23)7-14(8-17(19)24)30-22(32)26-12(3)20(25)29-30/h4-9H,3H2,1-2H3,(H2,25,29)(H,26,32)(H,27,31). The van der Waals surface area contributed by atoms with Crippen molar-refractivity contribution in [2.24, 2.45) is 10.8 Å². The number of halogens is 2. The monoisotopic (exact) mass is 484 g/mol. The molecule has 2 heterocycles. The summed E-state index contributed by atoms with van der Waals surface area (Å²) < 4.78 is 5.92. The minimum Gasteiger partial charge on any atom is -0.434 e. The van der Waals surface area contributed by atoms with Gasteiger partial charge in [-0.1, -0.05) is 48.0 Å². The van der Waals surface area contributed by atoms with Gasteiger partial charge in [0.05, 0.1) is 27.0 Å². The Labute approximate surface area is 198 Å². The molecule has 0 bridgehead atoms. The van der Waals surface area contributed by atoms with Crippen molar-refractivity contribution in [3.05, 3.63) is 80.2 Å². The SMILES string of the molecule is C=C1NC(=O)N(c2cc(Cl)c(Oc3n[nH]c(=O)cc3-c3ccc(C)c(C)c3)c(Cl)c2)N=C1N. The number of rotatable bonds is 4. The van der Waals surface area contributed by atoms with Crippen LogP contribution in [-0.2, 0) is 0 Å². The highest BCUT2D eigenvalue weighted by Crippen LogP contribution is 2.41. The second kappa shape index (κ2) is 8.61. The molecule has 0 saturated carbocycles. The molecular formula is C22H18Cl2N6O3. The lowest BCUT2D eigenvalue weighted by molar-refractivity contribution is 0.248. The summed E-state index contributed by atoms with van der Waals surface area (Å²) in [7, 11) is 0. The summed E-state index contributed by atoms with van der Waals surface area (Å²) >= 11 is 12.9. The van der Waals surface area contributed by atoms with Crippen LogP contribution in [0.2, 0.25) is 10.0 Å². The summed E-state index contributed by atoms with van der Waals surface area (Å²) in [6, 6.07) is 9.41. The second-order valence-corrected chi connectivity index (χ2v) is 8.11. The van der Waals surface area contributed by atoms with Crippen molar-refractivity contribution >= 4 is 40.8 Å². The number of H-pyrrole nitrogens is 1. The molecule has 0 saturated heterocycles. The number of aryl methyl sites for hydroxylation is 2.